The molecule has 8 nitrogen and oxygen atoms in total. The van der Waals surface area contributed by atoms with Gasteiger partial charge in [-0.05, 0) is 118 Å². The molecule has 1 saturated heterocycles. The molecule has 0 N–H and O–H groups in total. The van der Waals surface area contributed by atoms with Crippen LogP contribution in [-0.2, 0) is 12.1 Å². The van der Waals surface area contributed by atoms with E-state index in [1.807, 2.05) is 74.8 Å². The Bertz CT molecular complexity index is 2980. The Kier molecular flexibility index (Phi) is 11.3. The summed E-state index contributed by atoms with van der Waals surface area (Å²) in [6, 6.07) is 42.9. The van der Waals surface area contributed by atoms with Gasteiger partial charge in [0.05, 0.1) is 17.5 Å². The summed E-state index contributed by atoms with van der Waals surface area (Å²) in [5.41, 5.74) is 7.24. The molecular weight excluding hydrogens is 822 g/mol. The summed E-state index contributed by atoms with van der Waals surface area (Å²) in [5.74, 6) is 3.79. The van der Waals surface area contributed by atoms with Crippen LogP contribution in [0.3, 0.4) is 0 Å². The first-order valence-corrected chi connectivity index (χ1v) is 22.9. The number of fused-ring (bicyclic) bond motifs is 2. The van der Waals surface area contributed by atoms with E-state index in [0.29, 0.717) is 51.7 Å². The SMILES string of the molecule is C#Cc1ccc(COc2c(-c3c(C)c(F)cc4nn(C(c5ccccc5)(c5ccccc5)c5ccccc5)cc34)c(C3CC3)cc3c(OC(C)(C)C)nc(OC[C@H]4CCN(C)C4)nc23)cc1. The summed E-state index contributed by atoms with van der Waals surface area (Å²) in [7, 11) is 2.13. The average Bonchev–Trinajstić information content (AvgIpc) is 3.96. The second-order valence-corrected chi connectivity index (χ2v) is 18.9. The molecule has 2 aromatic heterocycles. The van der Waals surface area contributed by atoms with Crippen LogP contribution in [0.4, 0.5) is 4.39 Å². The molecule has 0 unspecified atom stereocenters. The molecule has 2 fully saturated rings. The van der Waals surface area contributed by atoms with Crippen LogP contribution < -0.4 is 14.2 Å². The molecule has 332 valence electrons. The lowest BCUT2D eigenvalue weighted by molar-refractivity contribution is 0.124. The molecule has 0 spiro atoms. The van der Waals surface area contributed by atoms with Gasteiger partial charge >= 0.3 is 6.01 Å². The molecule has 66 heavy (non-hydrogen) atoms. The molecule has 1 aliphatic heterocycles. The average molecular weight is 876 g/mol. The van der Waals surface area contributed by atoms with Crippen molar-refractivity contribution >= 4 is 21.8 Å². The Morgan fingerprint density at radius 3 is 1.97 bits per heavy atom. The smallest absolute Gasteiger partial charge is 0.320 e. The van der Waals surface area contributed by atoms with Gasteiger partial charge in [-0.15, -0.1) is 6.42 Å². The topological polar surface area (TPSA) is 74.5 Å². The third kappa shape index (κ3) is 8.15. The van der Waals surface area contributed by atoms with Gasteiger partial charge in [0.2, 0.25) is 5.88 Å². The normalized spacial score (nSPS) is 15.6. The number of ether oxygens (including phenoxy) is 3. The number of nitrogens with zero attached hydrogens (tertiary/aromatic N) is 5. The zero-order valence-electron chi connectivity index (χ0n) is 38.2. The van der Waals surface area contributed by atoms with Crippen molar-refractivity contribution in [3.63, 3.8) is 0 Å². The molecule has 9 heteroatoms. The molecule has 8 aromatic rings. The monoisotopic (exact) mass is 875 g/mol. The van der Waals surface area contributed by atoms with E-state index in [1.54, 1.807) is 6.07 Å². The first kappa shape index (κ1) is 42.9. The lowest BCUT2D eigenvalue weighted by Gasteiger charge is -2.36. The highest BCUT2D eigenvalue weighted by atomic mass is 19.1. The number of terminal acetylenes is 1. The molecule has 1 aliphatic carbocycles. The predicted molar refractivity (Wildman–Crippen MR) is 260 cm³/mol. The van der Waals surface area contributed by atoms with Gasteiger partial charge in [-0.25, -0.2) is 4.39 Å². The molecule has 1 saturated carbocycles. The fourth-order valence-electron chi connectivity index (χ4n) is 9.63. The summed E-state index contributed by atoms with van der Waals surface area (Å²) >= 11 is 0. The number of likely N-dealkylation sites (tertiary alicyclic amines) is 1. The number of hydrogen-bond donors (Lipinski definition) is 0. The Hall–Kier alpha value is -7.02. The lowest BCUT2D eigenvalue weighted by atomic mass is 9.77. The van der Waals surface area contributed by atoms with Gasteiger partial charge in [0.25, 0.3) is 0 Å². The quantitative estimate of drug-likeness (QED) is 0.0844. The standard InChI is InChI=1S/C57H54FN5O3/c1-7-38-23-25-39(26-24-38)35-64-53-51(45(41-27-28-41)31-46-52(53)59-55(60-54(46)66-56(3,4)5)65-36-40-29-30-62(6)33-40)50-37(2)48(58)32-49-47(50)34-63(61-49)57(42-17-11-8-12-18-42,43-19-13-9-14-20-43)44-21-15-10-16-22-44/h1,8-26,31-32,34,40-41H,27-30,33,35-36H2,2-6H3/t40-/m0/s1. The minimum atomic E-state index is -0.927. The van der Waals surface area contributed by atoms with Crippen molar-refractivity contribution in [2.24, 2.45) is 5.92 Å². The van der Waals surface area contributed by atoms with E-state index in [0.717, 1.165) is 76.7 Å². The summed E-state index contributed by atoms with van der Waals surface area (Å²) in [5, 5.41) is 6.87. The van der Waals surface area contributed by atoms with Crippen LogP contribution in [0.5, 0.6) is 17.6 Å². The second kappa shape index (κ2) is 17.4. The molecule has 6 aromatic carbocycles. The van der Waals surface area contributed by atoms with Crippen LogP contribution in [0.15, 0.2) is 134 Å². The van der Waals surface area contributed by atoms with E-state index in [-0.39, 0.29) is 24.4 Å². The van der Waals surface area contributed by atoms with Gasteiger partial charge in [0, 0.05) is 46.8 Å². The minimum Gasteiger partial charge on any atom is -0.486 e. The van der Waals surface area contributed by atoms with E-state index in [4.69, 9.17) is 35.7 Å². The zero-order chi connectivity index (χ0) is 45.6. The molecule has 0 radical (unpaired) electrons. The van der Waals surface area contributed by atoms with E-state index in [1.165, 1.54) is 0 Å². The Labute approximate surface area is 386 Å². The van der Waals surface area contributed by atoms with Crippen molar-refractivity contribution in [3.05, 3.63) is 178 Å². The fourth-order valence-corrected chi connectivity index (χ4v) is 9.63. The highest BCUT2D eigenvalue weighted by Gasteiger charge is 2.41. The van der Waals surface area contributed by atoms with E-state index in [2.05, 4.69) is 103 Å². The number of rotatable bonds is 13. The minimum absolute atomic E-state index is 0.184. The van der Waals surface area contributed by atoms with Crippen LogP contribution in [0.1, 0.15) is 84.9 Å². The Balaban J connectivity index is 1.26. The molecule has 10 rings (SSSR count). The van der Waals surface area contributed by atoms with Gasteiger partial charge in [0.15, 0.2) is 5.75 Å². The fraction of sp³-hybridized carbons (Fsp3) is 0.281. The summed E-state index contributed by atoms with van der Waals surface area (Å²) in [4.78, 5) is 12.5. The van der Waals surface area contributed by atoms with Gasteiger partial charge in [-0.3, -0.25) is 4.68 Å². The first-order chi connectivity index (χ1) is 32.0. The van der Waals surface area contributed by atoms with Crippen molar-refractivity contribution in [2.45, 2.75) is 70.6 Å². The number of halogens is 1. The summed E-state index contributed by atoms with van der Waals surface area (Å²) in [6.07, 6.45) is 10.8. The molecule has 2 aliphatic rings. The predicted octanol–water partition coefficient (Wildman–Crippen LogP) is 11.9. The van der Waals surface area contributed by atoms with Crippen molar-refractivity contribution in [2.75, 3.05) is 26.7 Å². The third-order valence-electron chi connectivity index (χ3n) is 13.0. The van der Waals surface area contributed by atoms with Crippen LogP contribution in [-0.4, -0.2) is 57.0 Å². The van der Waals surface area contributed by atoms with Gasteiger partial charge in [-0.2, -0.15) is 15.1 Å². The second-order valence-electron chi connectivity index (χ2n) is 18.9. The van der Waals surface area contributed by atoms with Gasteiger partial charge in [-0.1, -0.05) is 109 Å². The van der Waals surface area contributed by atoms with Crippen LogP contribution in [0.25, 0.3) is 32.9 Å². The zero-order valence-corrected chi connectivity index (χ0v) is 38.2. The third-order valence-corrected chi connectivity index (χ3v) is 13.0. The van der Waals surface area contributed by atoms with Crippen LogP contribution in [0, 0.1) is 31.0 Å². The van der Waals surface area contributed by atoms with E-state index >= 15 is 4.39 Å². The van der Waals surface area contributed by atoms with Crippen molar-refractivity contribution < 1.29 is 18.6 Å². The number of hydrogen-bond acceptors (Lipinski definition) is 7. The van der Waals surface area contributed by atoms with Gasteiger partial charge < -0.3 is 19.1 Å². The Morgan fingerprint density at radius 2 is 1.41 bits per heavy atom. The van der Waals surface area contributed by atoms with Crippen LogP contribution >= 0.6 is 0 Å². The van der Waals surface area contributed by atoms with Crippen molar-refractivity contribution in [1.82, 2.24) is 24.6 Å². The van der Waals surface area contributed by atoms with Crippen molar-refractivity contribution in [3.8, 4) is 41.1 Å². The first-order valence-electron chi connectivity index (χ1n) is 22.9. The lowest BCUT2D eigenvalue weighted by Crippen LogP contribution is -2.38. The van der Waals surface area contributed by atoms with Gasteiger partial charge in [0.1, 0.15) is 29.1 Å². The molecule has 3 heterocycles. The maximum absolute atomic E-state index is 17.0. The summed E-state index contributed by atoms with van der Waals surface area (Å²) in [6.45, 7) is 10.5. The van der Waals surface area contributed by atoms with Crippen molar-refractivity contribution in [1.29, 1.82) is 0 Å². The summed E-state index contributed by atoms with van der Waals surface area (Å²) < 4.78 is 39.3. The number of aromatic nitrogens is 4. The van der Waals surface area contributed by atoms with E-state index in [9.17, 15) is 0 Å². The molecule has 0 bridgehead atoms. The number of benzene rings is 6. The highest BCUT2D eigenvalue weighted by Crippen LogP contribution is 2.54. The molecular formula is C57H54FN5O3. The highest BCUT2D eigenvalue weighted by molar-refractivity contribution is 6.05. The largest absolute Gasteiger partial charge is 0.486 e. The maximum atomic E-state index is 17.0. The van der Waals surface area contributed by atoms with E-state index < -0.39 is 11.1 Å². The Morgan fingerprint density at radius 1 is 0.773 bits per heavy atom. The van der Waals surface area contributed by atoms with Crippen LogP contribution in [0.2, 0.25) is 0 Å². The molecule has 1 atom stereocenters. The maximum Gasteiger partial charge on any atom is 0.320 e. The molecule has 0 amide bonds.